The first kappa shape index (κ1) is 22.6. The van der Waals surface area contributed by atoms with Crippen LogP contribution in [0, 0.1) is 5.92 Å². The quantitative estimate of drug-likeness (QED) is 0.442. The van der Waals surface area contributed by atoms with Crippen LogP contribution in [0.25, 0.3) is 0 Å². The molecule has 0 spiro atoms. The van der Waals surface area contributed by atoms with E-state index in [1.165, 1.54) is 0 Å². The predicted octanol–water partition coefficient (Wildman–Crippen LogP) is 1.95. The van der Waals surface area contributed by atoms with Gasteiger partial charge in [-0.15, -0.1) is 0 Å². The number of amides is 3. The molecule has 0 fully saturated rings. The van der Waals surface area contributed by atoms with Crippen LogP contribution < -0.4 is 16.0 Å². The minimum atomic E-state index is -0.671. The maximum absolute atomic E-state index is 12.4. The molecule has 1 unspecified atom stereocenters. The Balaban J connectivity index is 2.47. The van der Waals surface area contributed by atoms with Gasteiger partial charge in [0.05, 0.1) is 13.2 Å². The molecular weight excluding hydrogens is 346 g/mol. The summed E-state index contributed by atoms with van der Waals surface area (Å²) in [5.74, 6) is -0.976. The average molecular weight is 377 g/mol. The number of hydrogen-bond acceptors (Lipinski definition) is 4. The van der Waals surface area contributed by atoms with Gasteiger partial charge in [-0.1, -0.05) is 45.7 Å². The molecule has 7 heteroatoms. The molecular formula is C20H31N3O4. The normalized spacial score (nSPS) is 11.7. The molecule has 1 atom stereocenters. The minimum Gasteiger partial charge on any atom is -0.392 e. The molecule has 0 aliphatic carbocycles. The van der Waals surface area contributed by atoms with Crippen molar-refractivity contribution in [3.63, 3.8) is 0 Å². The monoisotopic (exact) mass is 377 g/mol. The highest BCUT2D eigenvalue weighted by atomic mass is 16.3. The van der Waals surface area contributed by atoms with Crippen LogP contribution in [-0.2, 0) is 21.0 Å². The van der Waals surface area contributed by atoms with E-state index in [1.807, 2.05) is 13.8 Å². The largest absolute Gasteiger partial charge is 0.392 e. The van der Waals surface area contributed by atoms with Crippen molar-refractivity contribution < 1.29 is 19.5 Å². The van der Waals surface area contributed by atoms with Crippen LogP contribution in [0.15, 0.2) is 24.3 Å². The third kappa shape index (κ3) is 8.68. The molecule has 0 aliphatic heterocycles. The van der Waals surface area contributed by atoms with E-state index in [2.05, 4.69) is 22.9 Å². The second kappa shape index (κ2) is 12.1. The zero-order valence-corrected chi connectivity index (χ0v) is 16.4. The van der Waals surface area contributed by atoms with E-state index in [1.54, 1.807) is 24.3 Å². The minimum absolute atomic E-state index is 0.0644. The Morgan fingerprint density at radius 1 is 1.04 bits per heavy atom. The fraction of sp³-hybridized carbons (Fsp3) is 0.550. The molecule has 7 nitrogen and oxygen atoms in total. The Bertz CT molecular complexity index is 614. The van der Waals surface area contributed by atoms with Crippen molar-refractivity contribution >= 4 is 23.4 Å². The van der Waals surface area contributed by atoms with Crippen molar-refractivity contribution in [2.24, 2.45) is 5.92 Å². The Kier molecular flexibility index (Phi) is 10.1. The number of aliphatic hydroxyl groups excluding tert-OH is 1. The summed E-state index contributed by atoms with van der Waals surface area (Å²) in [6.45, 7) is 5.51. The van der Waals surface area contributed by atoms with Gasteiger partial charge in [0, 0.05) is 12.1 Å². The van der Waals surface area contributed by atoms with Crippen LogP contribution >= 0.6 is 0 Å². The molecule has 150 valence electrons. The molecule has 0 heterocycles. The highest BCUT2D eigenvalue weighted by Crippen LogP contribution is 2.09. The highest BCUT2D eigenvalue weighted by Gasteiger charge is 2.24. The molecule has 0 radical (unpaired) electrons. The van der Waals surface area contributed by atoms with Gasteiger partial charge in [0.15, 0.2) is 0 Å². The van der Waals surface area contributed by atoms with Crippen LogP contribution in [0.1, 0.15) is 52.0 Å². The van der Waals surface area contributed by atoms with Gasteiger partial charge >= 0.3 is 0 Å². The molecule has 4 N–H and O–H groups in total. The van der Waals surface area contributed by atoms with Gasteiger partial charge in [0.1, 0.15) is 6.04 Å². The molecule has 0 bridgehead atoms. The lowest BCUT2D eigenvalue weighted by Crippen LogP contribution is -2.51. The van der Waals surface area contributed by atoms with Gasteiger partial charge in [-0.3, -0.25) is 14.4 Å². The van der Waals surface area contributed by atoms with Crippen LogP contribution in [0.3, 0.4) is 0 Å². The molecule has 1 rings (SSSR count). The van der Waals surface area contributed by atoms with E-state index in [0.29, 0.717) is 12.1 Å². The van der Waals surface area contributed by atoms with Gasteiger partial charge < -0.3 is 21.1 Å². The smallest absolute Gasteiger partial charge is 0.243 e. The molecule has 0 saturated heterocycles. The van der Waals surface area contributed by atoms with Gasteiger partial charge in [-0.2, -0.15) is 0 Å². The van der Waals surface area contributed by atoms with Gasteiger partial charge in [-0.05, 0) is 30.0 Å². The number of benzene rings is 1. The zero-order valence-electron chi connectivity index (χ0n) is 16.4. The van der Waals surface area contributed by atoms with E-state index in [-0.39, 0.29) is 36.8 Å². The summed E-state index contributed by atoms with van der Waals surface area (Å²) in [6, 6.07) is 6.10. The van der Waals surface area contributed by atoms with Crippen molar-refractivity contribution in [3.8, 4) is 0 Å². The van der Waals surface area contributed by atoms with E-state index in [4.69, 9.17) is 5.11 Å². The van der Waals surface area contributed by atoms with Crippen LogP contribution in [0.2, 0.25) is 0 Å². The number of unbranched alkanes of at least 4 members (excludes halogenated alkanes) is 2. The molecule has 1 aromatic rings. The van der Waals surface area contributed by atoms with Gasteiger partial charge in [0.25, 0.3) is 0 Å². The second-order valence-electron chi connectivity index (χ2n) is 6.87. The summed E-state index contributed by atoms with van der Waals surface area (Å²) in [5, 5.41) is 17.0. The van der Waals surface area contributed by atoms with Gasteiger partial charge in [0.2, 0.25) is 17.7 Å². The Morgan fingerprint density at radius 2 is 1.70 bits per heavy atom. The Morgan fingerprint density at radius 3 is 2.26 bits per heavy atom. The van der Waals surface area contributed by atoms with Crippen LogP contribution in [0.5, 0.6) is 0 Å². The number of carbonyl (C=O) groups is 3. The summed E-state index contributed by atoms with van der Waals surface area (Å²) in [4.78, 5) is 36.3. The molecule has 0 aromatic heterocycles. The van der Waals surface area contributed by atoms with E-state index < -0.39 is 6.04 Å². The molecule has 0 saturated carbocycles. The molecule has 0 aliphatic rings. The van der Waals surface area contributed by atoms with Crippen LogP contribution in [-0.4, -0.2) is 35.4 Å². The van der Waals surface area contributed by atoms with E-state index in [9.17, 15) is 14.4 Å². The summed E-state index contributed by atoms with van der Waals surface area (Å²) in [7, 11) is 0. The first-order valence-electron chi connectivity index (χ1n) is 9.44. The van der Waals surface area contributed by atoms with Crippen molar-refractivity contribution in [1.29, 1.82) is 0 Å². The van der Waals surface area contributed by atoms with Gasteiger partial charge in [-0.25, -0.2) is 0 Å². The second-order valence-corrected chi connectivity index (χ2v) is 6.87. The van der Waals surface area contributed by atoms with Crippen molar-refractivity contribution in [2.45, 2.75) is 59.1 Å². The van der Waals surface area contributed by atoms with Crippen LogP contribution in [0.4, 0.5) is 5.69 Å². The average Bonchev–Trinajstić information content (AvgIpc) is 2.64. The maximum Gasteiger partial charge on any atom is 0.243 e. The number of nitrogens with one attached hydrogen (secondary N) is 3. The fourth-order valence-electron chi connectivity index (χ4n) is 2.49. The Hall–Kier alpha value is -2.41. The predicted molar refractivity (Wildman–Crippen MR) is 105 cm³/mol. The van der Waals surface area contributed by atoms with Crippen molar-refractivity contribution in [3.05, 3.63) is 29.8 Å². The lowest BCUT2D eigenvalue weighted by molar-refractivity contribution is -0.130. The number of carbonyl (C=O) groups excluding carboxylic acids is 3. The standard InChI is InChI=1S/C20H31N3O4/c1-4-5-6-7-17(25)23-19(14(2)3)20(27)21-12-18(26)22-16-10-8-15(13-24)9-11-16/h8-11,14,19,24H,4-7,12-13H2,1-3H3,(H,21,27)(H,22,26)(H,23,25). The fourth-order valence-corrected chi connectivity index (χ4v) is 2.49. The molecule has 27 heavy (non-hydrogen) atoms. The Labute approximate surface area is 160 Å². The SMILES string of the molecule is CCCCCC(=O)NC(C(=O)NCC(=O)Nc1ccc(CO)cc1)C(C)C. The number of hydrogen-bond donors (Lipinski definition) is 4. The summed E-state index contributed by atoms with van der Waals surface area (Å²) >= 11 is 0. The van der Waals surface area contributed by atoms with E-state index in [0.717, 1.165) is 24.8 Å². The van der Waals surface area contributed by atoms with Crippen molar-refractivity contribution in [1.82, 2.24) is 10.6 Å². The number of rotatable bonds is 11. The lowest BCUT2D eigenvalue weighted by Gasteiger charge is -2.21. The van der Waals surface area contributed by atoms with E-state index >= 15 is 0 Å². The third-order valence-corrected chi connectivity index (χ3v) is 4.12. The summed E-state index contributed by atoms with van der Waals surface area (Å²) in [5.41, 5.74) is 1.33. The number of anilines is 1. The third-order valence-electron chi connectivity index (χ3n) is 4.12. The maximum atomic E-state index is 12.4. The zero-order chi connectivity index (χ0) is 20.2. The molecule has 3 amide bonds. The topological polar surface area (TPSA) is 108 Å². The molecule has 1 aromatic carbocycles. The summed E-state index contributed by atoms with van der Waals surface area (Å²) < 4.78 is 0. The number of aliphatic hydroxyl groups is 1. The lowest BCUT2D eigenvalue weighted by atomic mass is 10.0. The van der Waals surface area contributed by atoms with Crippen molar-refractivity contribution in [2.75, 3.05) is 11.9 Å². The first-order valence-corrected chi connectivity index (χ1v) is 9.44. The highest BCUT2D eigenvalue weighted by molar-refractivity contribution is 5.96. The first-order chi connectivity index (χ1) is 12.9. The summed E-state index contributed by atoms with van der Waals surface area (Å²) in [6.07, 6.45) is 3.20.